The van der Waals surface area contributed by atoms with Gasteiger partial charge in [0, 0.05) is 36.5 Å². The van der Waals surface area contributed by atoms with Gasteiger partial charge in [-0.1, -0.05) is 0 Å². The van der Waals surface area contributed by atoms with Crippen molar-refractivity contribution in [2.24, 2.45) is 0 Å². The molecular formula is C12H8O13P2. The van der Waals surface area contributed by atoms with Crippen LogP contribution >= 0.6 is 17.2 Å². The fraction of sp³-hybridized carbons (Fsp3) is 0. The third-order valence-electron chi connectivity index (χ3n) is 2.05. The molecule has 0 spiro atoms. The normalized spacial score (nSPS) is 17.6. The van der Waals surface area contributed by atoms with Crippen molar-refractivity contribution in [2.45, 2.75) is 0 Å². The van der Waals surface area contributed by atoms with Gasteiger partial charge < -0.3 is 32.6 Å². The van der Waals surface area contributed by atoms with Crippen LogP contribution < -0.4 is 0 Å². The van der Waals surface area contributed by atoms with Gasteiger partial charge in [0.15, 0.2) is 0 Å². The molecular weight excluding hydrogens is 414 g/mol. The lowest BCUT2D eigenvalue weighted by atomic mass is 10.5. The molecule has 0 saturated heterocycles. The molecule has 2 rings (SSSR count). The molecule has 2 heterocycles. The van der Waals surface area contributed by atoms with Gasteiger partial charge in [-0.15, -0.1) is 0 Å². The minimum absolute atomic E-state index is 0. The van der Waals surface area contributed by atoms with Crippen LogP contribution in [0.3, 0.4) is 0 Å². The summed E-state index contributed by atoms with van der Waals surface area (Å²) in [6.07, 6.45) is 4.21. The molecule has 144 valence electrons. The SMILES string of the molecule is O.O=C1C=CC(=O)OP(OC(=O)/C=C\C(=O)OP2OC(=O)C=CC(=O)O2)O1. The van der Waals surface area contributed by atoms with E-state index < -0.39 is 53.0 Å². The minimum Gasteiger partial charge on any atom is -0.412 e. The quantitative estimate of drug-likeness (QED) is 0.420. The number of carbonyl (C=O) groups excluding carboxylic acids is 6. The van der Waals surface area contributed by atoms with Crippen molar-refractivity contribution in [1.29, 1.82) is 0 Å². The predicted molar refractivity (Wildman–Crippen MR) is 81.4 cm³/mol. The molecule has 27 heavy (non-hydrogen) atoms. The summed E-state index contributed by atoms with van der Waals surface area (Å²) >= 11 is 0. The lowest BCUT2D eigenvalue weighted by Gasteiger charge is -2.10. The molecule has 2 aliphatic heterocycles. The standard InChI is InChI=1S/C12H6O12P2.H2O/c13-7-1-2-8(14)20-25(19-7)23-11(17)5-6-12(18)24-26-21-9(15)3-4-10(16)22-26;/h1-6H;1H2/b6-5-;. The van der Waals surface area contributed by atoms with E-state index in [9.17, 15) is 28.8 Å². The molecule has 0 atom stereocenters. The Balaban J connectivity index is 0.00000364. The van der Waals surface area contributed by atoms with Gasteiger partial charge in [0.05, 0.1) is 0 Å². The van der Waals surface area contributed by atoms with Crippen LogP contribution in [0.15, 0.2) is 36.5 Å². The van der Waals surface area contributed by atoms with Crippen LogP contribution in [0.4, 0.5) is 0 Å². The van der Waals surface area contributed by atoms with E-state index >= 15 is 0 Å². The Morgan fingerprint density at radius 3 is 1.19 bits per heavy atom. The van der Waals surface area contributed by atoms with Crippen molar-refractivity contribution in [3.8, 4) is 0 Å². The summed E-state index contributed by atoms with van der Waals surface area (Å²) < 4.78 is 27.1. The van der Waals surface area contributed by atoms with Gasteiger partial charge in [0.1, 0.15) is 0 Å². The zero-order valence-electron chi connectivity index (χ0n) is 12.8. The van der Waals surface area contributed by atoms with E-state index in [-0.39, 0.29) is 5.48 Å². The highest BCUT2D eigenvalue weighted by Crippen LogP contribution is 2.42. The summed E-state index contributed by atoms with van der Waals surface area (Å²) in [6.45, 7) is 0. The first-order valence-corrected chi connectivity index (χ1v) is 8.47. The van der Waals surface area contributed by atoms with Gasteiger partial charge in [-0.3, -0.25) is 0 Å². The molecule has 0 aliphatic carbocycles. The maximum atomic E-state index is 11.5. The van der Waals surface area contributed by atoms with E-state index in [0.29, 0.717) is 12.2 Å². The monoisotopic (exact) mass is 422 g/mol. The van der Waals surface area contributed by atoms with E-state index in [4.69, 9.17) is 0 Å². The first-order valence-electron chi connectivity index (χ1n) is 6.28. The largest absolute Gasteiger partial charge is 0.537 e. The van der Waals surface area contributed by atoms with Crippen LogP contribution in [0.1, 0.15) is 0 Å². The lowest BCUT2D eigenvalue weighted by Crippen LogP contribution is -2.06. The van der Waals surface area contributed by atoms with E-state index in [1.165, 1.54) is 0 Å². The highest BCUT2D eigenvalue weighted by molar-refractivity contribution is 7.44. The minimum atomic E-state index is -2.64. The average molecular weight is 422 g/mol. The van der Waals surface area contributed by atoms with Gasteiger partial charge in [0.25, 0.3) is 0 Å². The summed E-state index contributed by atoms with van der Waals surface area (Å²) in [5.41, 5.74) is 0. The van der Waals surface area contributed by atoms with Crippen LogP contribution in [-0.2, 0) is 55.9 Å². The highest BCUT2D eigenvalue weighted by atomic mass is 31.2. The van der Waals surface area contributed by atoms with Crippen molar-refractivity contribution < 1.29 is 61.4 Å². The Hall–Kier alpha value is -3.14. The van der Waals surface area contributed by atoms with Crippen molar-refractivity contribution >= 4 is 53.0 Å². The lowest BCUT2D eigenvalue weighted by molar-refractivity contribution is -0.139. The molecule has 0 aromatic heterocycles. The Kier molecular flexibility index (Phi) is 8.21. The topological polar surface area (TPSA) is 189 Å². The summed E-state index contributed by atoms with van der Waals surface area (Å²) in [5.74, 6) is -6.28. The van der Waals surface area contributed by atoms with Crippen molar-refractivity contribution in [3.05, 3.63) is 36.5 Å². The Labute approximate surface area is 151 Å². The Morgan fingerprint density at radius 2 is 0.926 bits per heavy atom. The van der Waals surface area contributed by atoms with Gasteiger partial charge >= 0.3 is 53.0 Å². The van der Waals surface area contributed by atoms with Gasteiger partial charge in [0.2, 0.25) is 0 Å². The van der Waals surface area contributed by atoms with Crippen molar-refractivity contribution in [3.63, 3.8) is 0 Å². The van der Waals surface area contributed by atoms with E-state index in [1.54, 1.807) is 0 Å². The molecule has 0 unspecified atom stereocenters. The van der Waals surface area contributed by atoms with Crippen LogP contribution in [0, 0.1) is 0 Å². The molecule has 2 aliphatic rings. The summed E-state index contributed by atoms with van der Waals surface area (Å²) in [5, 5.41) is 0. The third kappa shape index (κ3) is 7.74. The van der Waals surface area contributed by atoms with Gasteiger partial charge in [-0.25, -0.2) is 28.8 Å². The maximum Gasteiger partial charge on any atom is 0.537 e. The maximum absolute atomic E-state index is 11.5. The molecule has 0 saturated carbocycles. The molecule has 0 aromatic rings. The number of rotatable bonds is 4. The van der Waals surface area contributed by atoms with E-state index in [0.717, 1.165) is 24.3 Å². The Bertz CT molecular complexity index is 650. The molecule has 0 bridgehead atoms. The highest BCUT2D eigenvalue weighted by Gasteiger charge is 2.29. The van der Waals surface area contributed by atoms with Crippen LogP contribution in [-0.4, -0.2) is 41.3 Å². The fourth-order valence-electron chi connectivity index (χ4n) is 1.14. The van der Waals surface area contributed by atoms with Crippen LogP contribution in [0.5, 0.6) is 0 Å². The second kappa shape index (κ2) is 10.1. The summed E-state index contributed by atoms with van der Waals surface area (Å²) in [4.78, 5) is 67.4. The van der Waals surface area contributed by atoms with E-state index in [2.05, 4.69) is 27.1 Å². The summed E-state index contributed by atoms with van der Waals surface area (Å²) in [7, 11) is -5.27. The smallest absolute Gasteiger partial charge is 0.412 e. The predicted octanol–water partition coefficient (Wildman–Crippen LogP) is -0.430. The molecule has 0 fully saturated rings. The fourth-order valence-corrected chi connectivity index (χ4v) is 2.61. The Morgan fingerprint density at radius 1 is 0.667 bits per heavy atom. The first kappa shape index (κ1) is 21.9. The van der Waals surface area contributed by atoms with Crippen molar-refractivity contribution in [2.75, 3.05) is 0 Å². The third-order valence-corrected chi connectivity index (χ3v) is 4.03. The zero-order valence-corrected chi connectivity index (χ0v) is 14.5. The zero-order chi connectivity index (χ0) is 19.1. The van der Waals surface area contributed by atoms with Crippen molar-refractivity contribution in [1.82, 2.24) is 0 Å². The summed E-state index contributed by atoms with van der Waals surface area (Å²) in [6, 6.07) is 0. The molecule has 15 heteroatoms. The molecule has 0 amide bonds. The van der Waals surface area contributed by atoms with E-state index in [1.807, 2.05) is 0 Å². The second-order valence-electron chi connectivity index (χ2n) is 3.91. The number of hydrogen-bond acceptors (Lipinski definition) is 12. The van der Waals surface area contributed by atoms with Crippen LogP contribution in [0.25, 0.3) is 0 Å². The molecule has 0 aromatic carbocycles. The molecule has 0 radical (unpaired) electrons. The first-order chi connectivity index (χ1) is 12.3. The molecule has 2 N–H and O–H groups in total. The van der Waals surface area contributed by atoms with Gasteiger partial charge in [-0.05, 0) is 0 Å². The number of carbonyl (C=O) groups is 6. The van der Waals surface area contributed by atoms with Crippen LogP contribution in [0.2, 0.25) is 0 Å². The second-order valence-corrected chi connectivity index (χ2v) is 5.90. The average Bonchev–Trinajstić information content (AvgIpc) is 2.81. The number of hydrogen-bond donors (Lipinski definition) is 0. The van der Waals surface area contributed by atoms with Gasteiger partial charge in [-0.2, -0.15) is 0 Å². The molecule has 13 nitrogen and oxygen atoms in total.